The van der Waals surface area contributed by atoms with E-state index in [1.807, 2.05) is 0 Å². The summed E-state index contributed by atoms with van der Waals surface area (Å²) in [4.78, 5) is 0.110. The molecular weight excluding hydrogens is 330 g/mol. The van der Waals surface area contributed by atoms with Crippen LogP contribution in [0.25, 0.3) is 0 Å². The maximum absolute atomic E-state index is 12.7. The van der Waals surface area contributed by atoms with Gasteiger partial charge in [-0.1, -0.05) is 6.42 Å². The van der Waals surface area contributed by atoms with Crippen LogP contribution in [0.15, 0.2) is 28.2 Å². The number of anilines is 1. The van der Waals surface area contributed by atoms with Gasteiger partial charge in [0, 0.05) is 13.1 Å². The Morgan fingerprint density at radius 2 is 1.92 bits per heavy atom. The number of benzene rings is 1. The molecule has 1 aliphatic heterocycles. The first-order valence-electron chi connectivity index (χ1n) is 7.35. The zero-order valence-electron chi connectivity index (χ0n) is 13.2. The molecule has 0 amide bonds. The normalized spacial score (nSPS) is 15.0. The summed E-state index contributed by atoms with van der Waals surface area (Å²) in [6.07, 6.45) is 2.72. The predicted octanol–water partition coefficient (Wildman–Crippen LogP) is 1.68. The van der Waals surface area contributed by atoms with Crippen molar-refractivity contribution in [2.24, 2.45) is 5.10 Å². The smallest absolute Gasteiger partial charge is 0.243 e. The van der Waals surface area contributed by atoms with Gasteiger partial charge in [-0.05, 0) is 31.0 Å². The van der Waals surface area contributed by atoms with Gasteiger partial charge in [-0.25, -0.2) is 8.42 Å². The molecule has 1 aromatic rings. The van der Waals surface area contributed by atoms with Crippen LogP contribution in [-0.4, -0.2) is 38.6 Å². The van der Waals surface area contributed by atoms with Crippen molar-refractivity contribution in [1.82, 2.24) is 4.31 Å². The van der Waals surface area contributed by atoms with E-state index in [-0.39, 0.29) is 16.3 Å². The van der Waals surface area contributed by atoms with Crippen molar-refractivity contribution in [3.63, 3.8) is 0 Å². The number of ether oxygens (including phenoxy) is 1. The molecule has 0 spiro atoms. The highest BCUT2D eigenvalue weighted by molar-refractivity contribution is 7.89. The third-order valence-corrected chi connectivity index (χ3v) is 5.52. The Kier molecular flexibility index (Phi) is 5.74. The van der Waals surface area contributed by atoms with Crippen LogP contribution in [0.5, 0.6) is 5.75 Å². The van der Waals surface area contributed by atoms with Crippen molar-refractivity contribution in [3.8, 4) is 17.9 Å². The van der Waals surface area contributed by atoms with Crippen LogP contribution in [0.2, 0.25) is 0 Å². The SMILES string of the molecule is COc1ccc(S(=O)(=O)N2CCCCC2)cc1NN=C(C#N)C#N. The van der Waals surface area contributed by atoms with Crippen molar-refractivity contribution >= 4 is 21.4 Å². The standard InChI is InChI=1S/C15H17N5O3S/c1-23-15-6-5-13(9-14(15)19-18-12(10-16)11-17)24(21,22)20-7-3-2-4-8-20/h5-6,9,19H,2-4,7-8H2,1H3. The zero-order chi connectivity index (χ0) is 17.6. The number of nitriles is 2. The van der Waals surface area contributed by atoms with Crippen LogP contribution in [0, 0.1) is 22.7 Å². The highest BCUT2D eigenvalue weighted by atomic mass is 32.2. The molecular formula is C15H17N5O3S. The lowest BCUT2D eigenvalue weighted by molar-refractivity contribution is 0.346. The van der Waals surface area contributed by atoms with Crippen LogP contribution in [-0.2, 0) is 10.0 Å². The first-order chi connectivity index (χ1) is 11.5. The Morgan fingerprint density at radius 3 is 2.50 bits per heavy atom. The Bertz CT molecular complexity index is 798. The quantitative estimate of drug-likeness (QED) is 0.639. The third kappa shape index (κ3) is 3.82. The van der Waals surface area contributed by atoms with Crippen molar-refractivity contribution < 1.29 is 13.2 Å². The molecule has 1 aromatic carbocycles. The molecule has 0 unspecified atom stereocenters. The second-order valence-electron chi connectivity index (χ2n) is 5.12. The van der Waals surface area contributed by atoms with Gasteiger partial charge in [0.05, 0.1) is 17.7 Å². The summed E-state index contributed by atoms with van der Waals surface area (Å²) in [5.74, 6) is 0.353. The van der Waals surface area contributed by atoms with Gasteiger partial charge < -0.3 is 4.74 Å². The fourth-order valence-electron chi connectivity index (χ4n) is 2.38. The van der Waals surface area contributed by atoms with Gasteiger partial charge in [0.25, 0.3) is 0 Å². The molecule has 1 aliphatic rings. The molecule has 1 N–H and O–H groups in total. The molecule has 0 saturated carbocycles. The summed E-state index contributed by atoms with van der Waals surface area (Å²) >= 11 is 0. The lowest BCUT2D eigenvalue weighted by Gasteiger charge is -2.26. The summed E-state index contributed by atoms with van der Waals surface area (Å²) in [5.41, 5.74) is 2.41. The number of rotatable bonds is 5. The molecule has 0 aliphatic carbocycles. The number of nitrogens with one attached hydrogen (secondary N) is 1. The monoisotopic (exact) mass is 347 g/mol. The van der Waals surface area contributed by atoms with Crippen LogP contribution in [0.4, 0.5) is 5.69 Å². The van der Waals surface area contributed by atoms with Gasteiger partial charge in [0.2, 0.25) is 15.7 Å². The van der Waals surface area contributed by atoms with E-state index in [1.54, 1.807) is 12.1 Å². The average Bonchev–Trinajstić information content (AvgIpc) is 2.63. The molecule has 8 nitrogen and oxygen atoms in total. The van der Waals surface area contributed by atoms with E-state index in [2.05, 4.69) is 10.5 Å². The van der Waals surface area contributed by atoms with Gasteiger partial charge >= 0.3 is 0 Å². The van der Waals surface area contributed by atoms with Gasteiger partial charge in [-0.3, -0.25) is 5.43 Å². The Labute approximate surface area is 141 Å². The minimum absolute atomic E-state index is 0.110. The first kappa shape index (κ1) is 17.7. The summed E-state index contributed by atoms with van der Waals surface area (Å²) in [7, 11) is -2.17. The number of hydrogen-bond donors (Lipinski definition) is 1. The van der Waals surface area contributed by atoms with Crippen LogP contribution in [0.1, 0.15) is 19.3 Å². The second-order valence-corrected chi connectivity index (χ2v) is 7.06. The number of methoxy groups -OCH3 is 1. The van der Waals surface area contributed by atoms with Crippen LogP contribution < -0.4 is 10.2 Å². The van der Waals surface area contributed by atoms with Crippen molar-refractivity contribution in [2.75, 3.05) is 25.6 Å². The van der Waals surface area contributed by atoms with E-state index in [4.69, 9.17) is 15.3 Å². The summed E-state index contributed by atoms with van der Waals surface area (Å²) in [5, 5.41) is 21.0. The van der Waals surface area contributed by atoms with Crippen molar-refractivity contribution in [1.29, 1.82) is 10.5 Å². The third-order valence-electron chi connectivity index (χ3n) is 3.62. The van der Waals surface area contributed by atoms with Crippen molar-refractivity contribution in [3.05, 3.63) is 18.2 Å². The van der Waals surface area contributed by atoms with Gasteiger partial charge in [0.15, 0.2) is 0 Å². The van der Waals surface area contributed by atoms with Gasteiger partial charge in [0.1, 0.15) is 17.9 Å². The Balaban J connectivity index is 2.36. The molecule has 1 heterocycles. The zero-order valence-corrected chi connectivity index (χ0v) is 14.0. The van der Waals surface area contributed by atoms with Gasteiger partial charge in [-0.15, -0.1) is 0 Å². The number of hydrazone groups is 1. The molecule has 1 saturated heterocycles. The molecule has 0 aromatic heterocycles. The molecule has 0 bridgehead atoms. The second kappa shape index (κ2) is 7.77. The molecule has 0 radical (unpaired) electrons. The lowest BCUT2D eigenvalue weighted by Crippen LogP contribution is -2.35. The fraction of sp³-hybridized carbons (Fsp3) is 0.400. The Hall–Kier alpha value is -2.62. The largest absolute Gasteiger partial charge is 0.495 e. The molecule has 24 heavy (non-hydrogen) atoms. The van der Waals surface area contributed by atoms with E-state index in [1.165, 1.54) is 29.6 Å². The van der Waals surface area contributed by atoms with Gasteiger partial charge in [-0.2, -0.15) is 19.9 Å². The minimum Gasteiger partial charge on any atom is -0.495 e. The van der Waals surface area contributed by atoms with E-state index in [9.17, 15) is 8.42 Å². The van der Waals surface area contributed by atoms with Crippen LogP contribution >= 0.6 is 0 Å². The van der Waals surface area contributed by atoms with Crippen molar-refractivity contribution in [2.45, 2.75) is 24.2 Å². The Morgan fingerprint density at radius 1 is 1.25 bits per heavy atom. The van der Waals surface area contributed by atoms with E-state index >= 15 is 0 Å². The first-order valence-corrected chi connectivity index (χ1v) is 8.79. The average molecular weight is 347 g/mol. The van der Waals surface area contributed by atoms with E-state index in [0.717, 1.165) is 19.3 Å². The summed E-state index contributed by atoms with van der Waals surface area (Å²) in [6, 6.07) is 7.59. The molecule has 9 heteroatoms. The highest BCUT2D eigenvalue weighted by Gasteiger charge is 2.26. The van der Waals surface area contributed by atoms with E-state index < -0.39 is 10.0 Å². The highest BCUT2D eigenvalue weighted by Crippen LogP contribution is 2.29. The maximum atomic E-state index is 12.7. The summed E-state index contributed by atoms with van der Waals surface area (Å²) < 4.78 is 32.0. The summed E-state index contributed by atoms with van der Waals surface area (Å²) in [6.45, 7) is 1.00. The topological polar surface area (TPSA) is 119 Å². The number of piperidine rings is 1. The van der Waals surface area contributed by atoms with E-state index in [0.29, 0.717) is 18.8 Å². The molecule has 0 atom stereocenters. The van der Waals surface area contributed by atoms with Crippen LogP contribution in [0.3, 0.4) is 0 Å². The maximum Gasteiger partial charge on any atom is 0.243 e. The predicted molar refractivity (Wildman–Crippen MR) is 87.9 cm³/mol. The molecule has 2 rings (SSSR count). The number of hydrogen-bond acceptors (Lipinski definition) is 7. The fourth-order valence-corrected chi connectivity index (χ4v) is 3.92. The lowest BCUT2D eigenvalue weighted by atomic mass is 10.2. The molecule has 1 fully saturated rings. The minimum atomic E-state index is -3.60. The number of sulfonamides is 1. The number of nitrogens with zero attached hydrogens (tertiary/aromatic N) is 4. The molecule has 126 valence electrons.